The molecule has 0 spiro atoms. The van der Waals surface area contributed by atoms with Gasteiger partial charge in [-0.05, 0) is 12.1 Å². The first-order valence-corrected chi connectivity index (χ1v) is 5.65. The fourth-order valence-corrected chi connectivity index (χ4v) is 2.08. The fraction of sp³-hybridized carbons (Fsp3) is 0.231. The molecule has 0 radical (unpaired) electrons. The Morgan fingerprint density at radius 1 is 1.24 bits per heavy atom. The molecule has 4 nitrogen and oxygen atoms in total. The molecule has 1 aromatic rings. The molecule has 2 heterocycles. The maximum absolute atomic E-state index is 12.2. The number of fused-ring (bicyclic) bond motifs is 1. The van der Waals surface area contributed by atoms with Crippen LogP contribution in [0.4, 0.5) is 5.69 Å². The molecule has 0 unspecified atom stereocenters. The van der Waals surface area contributed by atoms with Crippen molar-refractivity contribution in [1.82, 2.24) is 4.90 Å². The quantitative estimate of drug-likeness (QED) is 0.730. The predicted molar refractivity (Wildman–Crippen MR) is 66.7 cm³/mol. The first kappa shape index (κ1) is 10.1. The summed E-state index contributed by atoms with van der Waals surface area (Å²) in [4.78, 5) is 14.2. The number of carbonyl (C=O) groups excluding carboxylic acids is 1. The van der Waals surface area contributed by atoms with Gasteiger partial charge in [-0.25, -0.2) is 0 Å². The van der Waals surface area contributed by atoms with Gasteiger partial charge in [-0.15, -0.1) is 0 Å². The lowest BCUT2D eigenvalue weighted by Gasteiger charge is -2.19. The summed E-state index contributed by atoms with van der Waals surface area (Å²) < 4.78 is 0. The predicted octanol–water partition coefficient (Wildman–Crippen LogP) is 1.61. The minimum absolute atomic E-state index is 0.0299. The molecule has 4 heteroatoms. The van der Waals surface area contributed by atoms with E-state index in [-0.39, 0.29) is 5.91 Å². The summed E-state index contributed by atoms with van der Waals surface area (Å²) in [6.45, 7) is 0.915. The van der Waals surface area contributed by atoms with E-state index in [9.17, 15) is 4.79 Å². The molecule has 1 amide bonds. The second-order valence-corrected chi connectivity index (χ2v) is 4.27. The Morgan fingerprint density at radius 3 is 2.76 bits per heavy atom. The van der Waals surface area contributed by atoms with Gasteiger partial charge in [0.1, 0.15) is 0 Å². The van der Waals surface area contributed by atoms with Crippen molar-refractivity contribution in [1.29, 1.82) is 0 Å². The average molecular weight is 227 g/mol. The van der Waals surface area contributed by atoms with Crippen molar-refractivity contribution in [2.75, 3.05) is 18.6 Å². The third-order valence-corrected chi connectivity index (χ3v) is 3.01. The Hall–Kier alpha value is -2.10. The van der Waals surface area contributed by atoms with Crippen LogP contribution in [0.5, 0.6) is 0 Å². The van der Waals surface area contributed by atoms with Crippen molar-refractivity contribution in [3.8, 4) is 0 Å². The zero-order valence-electron chi connectivity index (χ0n) is 9.63. The van der Waals surface area contributed by atoms with Crippen molar-refractivity contribution in [2.45, 2.75) is 6.42 Å². The summed E-state index contributed by atoms with van der Waals surface area (Å²) >= 11 is 0. The third kappa shape index (κ3) is 1.62. The number of para-hydroxylation sites is 1. The minimum Gasteiger partial charge on any atom is -0.379 e. The van der Waals surface area contributed by atoms with Gasteiger partial charge in [0.2, 0.25) is 0 Å². The van der Waals surface area contributed by atoms with Crippen LogP contribution in [0, 0.1) is 0 Å². The number of benzene rings is 1. The molecule has 0 N–H and O–H groups in total. The lowest BCUT2D eigenvalue weighted by atomic mass is 10.1. The largest absolute Gasteiger partial charge is 0.379 e. The van der Waals surface area contributed by atoms with Crippen molar-refractivity contribution >= 4 is 17.3 Å². The van der Waals surface area contributed by atoms with Crippen LogP contribution >= 0.6 is 0 Å². The zero-order chi connectivity index (χ0) is 11.8. The Bertz CT molecular complexity index is 519. The molecule has 0 saturated carbocycles. The number of carbonyl (C=O) groups is 1. The SMILES string of the molecule is CN1C=C2C(=O)N(c3ccccc3)N=C2CC1. The third-order valence-electron chi connectivity index (χ3n) is 3.01. The van der Waals surface area contributed by atoms with Crippen LogP contribution in [0.15, 0.2) is 47.2 Å². The molecule has 0 bridgehead atoms. The fourth-order valence-electron chi connectivity index (χ4n) is 2.08. The van der Waals surface area contributed by atoms with Gasteiger partial charge in [0.05, 0.1) is 17.0 Å². The molecule has 86 valence electrons. The van der Waals surface area contributed by atoms with E-state index in [1.807, 2.05) is 48.5 Å². The molecule has 0 saturated heterocycles. The highest BCUT2D eigenvalue weighted by molar-refractivity contribution is 6.30. The smallest absolute Gasteiger partial charge is 0.282 e. The summed E-state index contributed by atoms with van der Waals surface area (Å²) in [5, 5.41) is 5.89. The monoisotopic (exact) mass is 227 g/mol. The van der Waals surface area contributed by atoms with E-state index < -0.39 is 0 Å². The zero-order valence-corrected chi connectivity index (χ0v) is 9.63. The molecule has 0 atom stereocenters. The Kier molecular flexibility index (Phi) is 2.21. The van der Waals surface area contributed by atoms with Crippen LogP contribution in [-0.2, 0) is 4.79 Å². The number of rotatable bonds is 1. The van der Waals surface area contributed by atoms with E-state index in [0.29, 0.717) is 0 Å². The van der Waals surface area contributed by atoms with Crippen molar-refractivity contribution < 1.29 is 4.79 Å². The van der Waals surface area contributed by atoms with Crippen LogP contribution in [0.2, 0.25) is 0 Å². The molecule has 17 heavy (non-hydrogen) atoms. The van der Waals surface area contributed by atoms with Gasteiger partial charge in [-0.3, -0.25) is 4.79 Å². The number of amides is 1. The number of nitrogens with zero attached hydrogens (tertiary/aromatic N) is 3. The van der Waals surface area contributed by atoms with Crippen LogP contribution in [-0.4, -0.2) is 30.1 Å². The molecular formula is C13H13N3O. The standard InChI is InChI=1S/C13H13N3O/c1-15-8-7-12-11(9-15)13(17)16(14-12)10-5-3-2-4-6-10/h2-6,9H,7-8H2,1H3. The first-order valence-electron chi connectivity index (χ1n) is 5.65. The average Bonchev–Trinajstić information content (AvgIpc) is 2.68. The summed E-state index contributed by atoms with van der Waals surface area (Å²) in [6.07, 6.45) is 2.71. The topological polar surface area (TPSA) is 35.9 Å². The van der Waals surface area contributed by atoms with Crippen LogP contribution < -0.4 is 5.01 Å². The molecule has 0 fully saturated rings. The van der Waals surface area contributed by atoms with Crippen LogP contribution in [0.25, 0.3) is 0 Å². The lowest BCUT2D eigenvalue weighted by molar-refractivity contribution is -0.114. The molecule has 2 aliphatic rings. The van der Waals surface area contributed by atoms with Crippen molar-refractivity contribution in [2.24, 2.45) is 5.10 Å². The van der Waals surface area contributed by atoms with E-state index in [1.165, 1.54) is 5.01 Å². The molecule has 0 aromatic heterocycles. The highest BCUT2D eigenvalue weighted by atomic mass is 16.2. The first-order chi connectivity index (χ1) is 8.25. The van der Waals surface area contributed by atoms with E-state index in [0.717, 1.165) is 29.9 Å². The van der Waals surface area contributed by atoms with Crippen molar-refractivity contribution in [3.05, 3.63) is 42.1 Å². The van der Waals surface area contributed by atoms with Gasteiger partial charge in [0.25, 0.3) is 5.91 Å². The molecule has 3 rings (SSSR count). The van der Waals surface area contributed by atoms with E-state index in [4.69, 9.17) is 0 Å². The number of hydrogen-bond donors (Lipinski definition) is 0. The van der Waals surface area contributed by atoms with Crippen molar-refractivity contribution in [3.63, 3.8) is 0 Å². The molecule has 0 aliphatic carbocycles. The van der Waals surface area contributed by atoms with Crippen LogP contribution in [0.3, 0.4) is 0 Å². The summed E-state index contributed by atoms with van der Waals surface area (Å²) in [6, 6.07) is 9.53. The van der Waals surface area contributed by atoms with E-state index >= 15 is 0 Å². The second-order valence-electron chi connectivity index (χ2n) is 4.27. The number of anilines is 1. The maximum atomic E-state index is 12.2. The highest BCUT2D eigenvalue weighted by Gasteiger charge is 2.32. The van der Waals surface area contributed by atoms with Gasteiger partial charge in [0.15, 0.2) is 0 Å². The van der Waals surface area contributed by atoms with Gasteiger partial charge in [-0.1, -0.05) is 18.2 Å². The van der Waals surface area contributed by atoms with Gasteiger partial charge in [-0.2, -0.15) is 10.1 Å². The Morgan fingerprint density at radius 2 is 2.00 bits per heavy atom. The molecular weight excluding hydrogens is 214 g/mol. The maximum Gasteiger partial charge on any atom is 0.282 e. The summed E-state index contributed by atoms with van der Waals surface area (Å²) in [5.74, 6) is -0.0299. The highest BCUT2D eigenvalue weighted by Crippen LogP contribution is 2.26. The summed E-state index contributed by atoms with van der Waals surface area (Å²) in [5.41, 5.74) is 2.45. The lowest BCUT2D eigenvalue weighted by Crippen LogP contribution is -2.27. The minimum atomic E-state index is -0.0299. The number of hydrogen-bond acceptors (Lipinski definition) is 3. The second kappa shape index (κ2) is 3.73. The van der Waals surface area contributed by atoms with E-state index in [1.54, 1.807) is 0 Å². The van der Waals surface area contributed by atoms with Gasteiger partial charge < -0.3 is 4.90 Å². The normalized spacial score (nSPS) is 19.0. The van der Waals surface area contributed by atoms with Gasteiger partial charge >= 0.3 is 0 Å². The van der Waals surface area contributed by atoms with Gasteiger partial charge in [0, 0.05) is 26.2 Å². The molecule has 1 aromatic carbocycles. The Labute approximate surface area is 99.8 Å². The summed E-state index contributed by atoms with van der Waals surface area (Å²) in [7, 11) is 1.97. The number of hydrazone groups is 1. The Balaban J connectivity index is 1.99. The van der Waals surface area contributed by atoms with Crippen LogP contribution in [0.1, 0.15) is 6.42 Å². The van der Waals surface area contributed by atoms with E-state index in [2.05, 4.69) is 5.10 Å². The molecule has 2 aliphatic heterocycles.